The van der Waals surface area contributed by atoms with Gasteiger partial charge in [0.25, 0.3) is 5.91 Å². The van der Waals surface area contributed by atoms with E-state index in [9.17, 15) is 4.79 Å². The molecule has 2 aliphatic rings. The fraction of sp³-hybridized carbons (Fsp3) is 0.538. The van der Waals surface area contributed by atoms with Crippen molar-refractivity contribution < 1.29 is 9.53 Å². The minimum absolute atomic E-state index is 0.109. The molecule has 0 unspecified atom stereocenters. The van der Waals surface area contributed by atoms with Crippen LogP contribution in [-0.4, -0.2) is 42.1 Å². The summed E-state index contributed by atoms with van der Waals surface area (Å²) in [6, 6.07) is 8.42. The Morgan fingerprint density at radius 3 is 2.58 bits per heavy atom. The minimum Gasteiger partial charge on any atom is -0.493 e. The molecule has 1 saturated heterocycles. The monoisotopic (exact) mass is 440 g/mol. The number of amides is 1. The van der Waals surface area contributed by atoms with Crippen LogP contribution >= 0.6 is 11.6 Å². The van der Waals surface area contributed by atoms with Gasteiger partial charge >= 0.3 is 0 Å². The van der Waals surface area contributed by atoms with Crippen molar-refractivity contribution in [3.05, 3.63) is 35.4 Å². The highest BCUT2D eigenvalue weighted by Crippen LogP contribution is 2.34. The van der Waals surface area contributed by atoms with Crippen LogP contribution in [0.25, 0.3) is 10.8 Å². The molecule has 0 aliphatic carbocycles. The average Bonchev–Trinajstić information content (AvgIpc) is 3.20. The average molecular weight is 441 g/mol. The first-order valence-corrected chi connectivity index (χ1v) is 12.3. The molecule has 31 heavy (non-hydrogen) atoms. The summed E-state index contributed by atoms with van der Waals surface area (Å²) >= 11 is 5.72. The second-order valence-corrected chi connectivity index (χ2v) is 9.21. The standard InChI is InChI=1S/C26H33ClN2O2/c1-19-14-20-15-23-24(28-18-22-10-9-12-29(22)26(23)30)16-21(20)17-25(19)31-13-8-6-4-2-3-5-7-11-27/h14-18,22H,2-13H2,1H3/t22-/m0/s1. The van der Waals surface area contributed by atoms with Crippen molar-refractivity contribution in [3.8, 4) is 5.75 Å². The van der Waals surface area contributed by atoms with Crippen LogP contribution in [0.4, 0.5) is 5.69 Å². The summed E-state index contributed by atoms with van der Waals surface area (Å²) in [6.07, 6.45) is 12.5. The Bertz CT molecular complexity index is 956. The molecular formula is C26H33ClN2O2. The van der Waals surface area contributed by atoms with Gasteiger partial charge in [-0.1, -0.05) is 32.1 Å². The second kappa shape index (κ2) is 10.5. The smallest absolute Gasteiger partial charge is 0.256 e. The normalized spacial score (nSPS) is 17.7. The highest BCUT2D eigenvalue weighted by molar-refractivity contribution is 6.17. The Morgan fingerprint density at radius 2 is 1.77 bits per heavy atom. The van der Waals surface area contributed by atoms with E-state index >= 15 is 0 Å². The van der Waals surface area contributed by atoms with Gasteiger partial charge in [0.2, 0.25) is 0 Å². The van der Waals surface area contributed by atoms with Gasteiger partial charge < -0.3 is 9.64 Å². The Labute approximate surface area is 190 Å². The summed E-state index contributed by atoms with van der Waals surface area (Å²) in [7, 11) is 0. The van der Waals surface area contributed by atoms with Crippen LogP contribution in [0.5, 0.6) is 5.75 Å². The number of aliphatic imine (C=N–C) groups is 1. The van der Waals surface area contributed by atoms with Crippen LogP contribution in [0.2, 0.25) is 0 Å². The van der Waals surface area contributed by atoms with E-state index in [1.54, 1.807) is 0 Å². The third-order valence-electron chi connectivity index (χ3n) is 6.46. The van der Waals surface area contributed by atoms with Crippen molar-refractivity contribution in [2.75, 3.05) is 19.0 Å². The van der Waals surface area contributed by atoms with Crippen LogP contribution in [0.3, 0.4) is 0 Å². The van der Waals surface area contributed by atoms with Gasteiger partial charge in [-0.15, -0.1) is 11.6 Å². The SMILES string of the molecule is Cc1cc2cc3c(cc2cc1OCCCCCCCCCCl)N=C[C@@H]1CCCN1C3=O. The van der Waals surface area contributed by atoms with Crippen LogP contribution in [0, 0.1) is 6.92 Å². The molecular weight excluding hydrogens is 408 g/mol. The maximum Gasteiger partial charge on any atom is 0.256 e. The van der Waals surface area contributed by atoms with Gasteiger partial charge in [0.05, 0.1) is 23.9 Å². The molecule has 0 saturated carbocycles. The molecule has 1 atom stereocenters. The molecule has 1 amide bonds. The van der Waals surface area contributed by atoms with E-state index in [-0.39, 0.29) is 11.9 Å². The summed E-state index contributed by atoms with van der Waals surface area (Å²) in [5, 5.41) is 2.15. The minimum atomic E-state index is 0.109. The Kier molecular flexibility index (Phi) is 7.49. The quantitative estimate of drug-likeness (QED) is 0.300. The molecule has 0 N–H and O–H groups in total. The lowest BCUT2D eigenvalue weighted by atomic mass is 10.0. The van der Waals surface area contributed by atoms with E-state index in [0.29, 0.717) is 5.56 Å². The van der Waals surface area contributed by atoms with E-state index in [0.717, 1.165) is 72.5 Å². The molecule has 166 valence electrons. The topological polar surface area (TPSA) is 41.9 Å². The molecule has 2 heterocycles. The van der Waals surface area contributed by atoms with Crippen LogP contribution in [0.1, 0.15) is 73.7 Å². The number of unbranched alkanes of at least 4 members (excludes halogenated alkanes) is 6. The Balaban J connectivity index is 1.39. The molecule has 0 bridgehead atoms. The number of ether oxygens (including phenoxy) is 1. The molecule has 4 rings (SSSR count). The molecule has 0 aromatic heterocycles. The van der Waals surface area contributed by atoms with Crippen molar-refractivity contribution >= 4 is 40.2 Å². The fourth-order valence-electron chi connectivity index (χ4n) is 4.65. The maximum absolute atomic E-state index is 13.0. The fourth-order valence-corrected chi connectivity index (χ4v) is 4.84. The summed E-state index contributed by atoms with van der Waals surface area (Å²) < 4.78 is 6.11. The molecule has 4 nitrogen and oxygen atoms in total. The van der Waals surface area contributed by atoms with E-state index < -0.39 is 0 Å². The van der Waals surface area contributed by atoms with Crippen molar-refractivity contribution in [2.24, 2.45) is 4.99 Å². The number of alkyl halides is 1. The maximum atomic E-state index is 13.0. The predicted molar refractivity (Wildman–Crippen MR) is 129 cm³/mol. The predicted octanol–water partition coefficient (Wildman–Crippen LogP) is 6.82. The molecule has 5 heteroatoms. The van der Waals surface area contributed by atoms with Gasteiger partial charge in [-0.05, 0) is 73.2 Å². The number of nitrogens with zero attached hydrogens (tertiary/aromatic N) is 2. The largest absolute Gasteiger partial charge is 0.493 e. The lowest BCUT2D eigenvalue weighted by molar-refractivity contribution is 0.0775. The molecule has 2 aromatic carbocycles. The summed E-state index contributed by atoms with van der Waals surface area (Å²) in [4.78, 5) is 19.7. The number of hydrogen-bond acceptors (Lipinski definition) is 3. The van der Waals surface area contributed by atoms with E-state index in [1.807, 2.05) is 23.2 Å². The summed E-state index contributed by atoms with van der Waals surface area (Å²) in [6.45, 7) is 3.65. The third kappa shape index (κ3) is 5.23. The second-order valence-electron chi connectivity index (χ2n) is 8.83. The Hall–Kier alpha value is -2.07. The zero-order valence-corrected chi connectivity index (χ0v) is 19.3. The highest BCUT2D eigenvalue weighted by atomic mass is 35.5. The number of hydrogen-bond donors (Lipinski definition) is 0. The summed E-state index contributed by atoms with van der Waals surface area (Å²) in [5.74, 6) is 1.82. The van der Waals surface area contributed by atoms with E-state index in [2.05, 4.69) is 24.0 Å². The highest BCUT2D eigenvalue weighted by Gasteiger charge is 2.31. The zero-order chi connectivity index (χ0) is 21.6. The molecule has 0 radical (unpaired) electrons. The van der Waals surface area contributed by atoms with Gasteiger partial charge in [-0.3, -0.25) is 9.79 Å². The first kappa shape index (κ1) is 22.1. The number of benzene rings is 2. The summed E-state index contributed by atoms with van der Waals surface area (Å²) in [5.41, 5.74) is 2.60. The first-order chi connectivity index (χ1) is 15.2. The van der Waals surface area contributed by atoms with Crippen LogP contribution in [0.15, 0.2) is 29.3 Å². The van der Waals surface area contributed by atoms with Gasteiger partial charge in [-0.2, -0.15) is 0 Å². The van der Waals surface area contributed by atoms with Gasteiger partial charge in [0.15, 0.2) is 0 Å². The number of carbonyl (C=O) groups excluding carboxylic acids is 1. The number of aryl methyl sites for hydroxylation is 1. The number of rotatable bonds is 10. The Morgan fingerprint density at radius 1 is 1.03 bits per heavy atom. The number of halogens is 1. The third-order valence-corrected chi connectivity index (χ3v) is 6.73. The van der Waals surface area contributed by atoms with Crippen LogP contribution < -0.4 is 4.74 Å². The van der Waals surface area contributed by atoms with Gasteiger partial charge in [-0.25, -0.2) is 0 Å². The zero-order valence-electron chi connectivity index (χ0n) is 18.5. The number of fused-ring (bicyclic) bond motifs is 3. The molecule has 2 aliphatic heterocycles. The van der Waals surface area contributed by atoms with Gasteiger partial charge in [0, 0.05) is 18.6 Å². The van der Waals surface area contributed by atoms with Crippen molar-refractivity contribution in [2.45, 2.75) is 70.8 Å². The lowest BCUT2D eigenvalue weighted by Gasteiger charge is -2.20. The van der Waals surface area contributed by atoms with Crippen molar-refractivity contribution in [1.82, 2.24) is 4.90 Å². The van der Waals surface area contributed by atoms with Gasteiger partial charge in [0.1, 0.15) is 5.75 Å². The van der Waals surface area contributed by atoms with Crippen molar-refractivity contribution in [3.63, 3.8) is 0 Å². The molecule has 1 fully saturated rings. The lowest BCUT2D eigenvalue weighted by Crippen LogP contribution is -2.35. The van der Waals surface area contributed by atoms with Crippen molar-refractivity contribution in [1.29, 1.82) is 0 Å². The molecule has 2 aromatic rings. The number of carbonyl (C=O) groups is 1. The molecule has 0 spiro atoms. The van der Waals surface area contributed by atoms with Crippen LogP contribution in [-0.2, 0) is 0 Å². The van der Waals surface area contributed by atoms with E-state index in [4.69, 9.17) is 16.3 Å². The van der Waals surface area contributed by atoms with E-state index in [1.165, 1.54) is 32.1 Å². The first-order valence-electron chi connectivity index (χ1n) is 11.8.